The van der Waals surface area contributed by atoms with Crippen molar-refractivity contribution < 1.29 is 28.5 Å². The van der Waals surface area contributed by atoms with E-state index in [4.69, 9.17) is 23.7 Å². The zero-order chi connectivity index (χ0) is 18.7. The number of hydrogen-bond donors (Lipinski definition) is 0. The summed E-state index contributed by atoms with van der Waals surface area (Å²) in [7, 11) is 5.50. The highest BCUT2D eigenvalue weighted by molar-refractivity contribution is 5.86. The van der Waals surface area contributed by atoms with Crippen LogP contribution < -0.4 is 0 Å². The van der Waals surface area contributed by atoms with Crippen molar-refractivity contribution in [1.82, 2.24) is 0 Å². The monoisotopic (exact) mass is 349 g/mol. The first-order valence-electron chi connectivity index (χ1n) is 7.85. The number of rotatable bonds is 7. The van der Waals surface area contributed by atoms with Crippen LogP contribution in [0.15, 0.2) is 30.3 Å². The molecule has 0 amide bonds. The molecule has 0 heterocycles. The molecule has 0 bridgehead atoms. The lowest BCUT2D eigenvalue weighted by atomic mass is 9.49. The molecule has 0 N–H and O–H groups in total. The normalized spacial score (nSPS) is 26.3. The lowest BCUT2D eigenvalue weighted by molar-refractivity contribution is -0.483. The Morgan fingerprint density at radius 2 is 1.64 bits per heavy atom. The van der Waals surface area contributed by atoms with Gasteiger partial charge in [-0.05, 0) is 12.5 Å². The minimum absolute atomic E-state index is 0.111. The summed E-state index contributed by atoms with van der Waals surface area (Å²) in [6.45, 7) is 1.78. The molecule has 0 saturated heterocycles. The number of esters is 1. The molecule has 2 rings (SSSR count). The Labute approximate surface area is 147 Å². The van der Waals surface area contributed by atoms with E-state index in [9.17, 15) is 10.1 Å². The van der Waals surface area contributed by atoms with E-state index in [1.54, 1.807) is 31.2 Å². The molecule has 1 aliphatic carbocycles. The number of methoxy groups -OCH3 is 4. The number of nitrogens with zero attached hydrogens (tertiary/aromatic N) is 1. The van der Waals surface area contributed by atoms with E-state index in [1.807, 2.05) is 6.07 Å². The number of carbonyl (C=O) groups is 1. The average molecular weight is 349 g/mol. The maximum atomic E-state index is 12.9. The van der Waals surface area contributed by atoms with Crippen molar-refractivity contribution in [1.29, 1.82) is 5.26 Å². The molecule has 1 aliphatic rings. The van der Waals surface area contributed by atoms with Gasteiger partial charge in [0.15, 0.2) is 0 Å². The van der Waals surface area contributed by atoms with Crippen LogP contribution in [-0.4, -0.2) is 52.6 Å². The van der Waals surface area contributed by atoms with Gasteiger partial charge in [-0.15, -0.1) is 0 Å². The van der Waals surface area contributed by atoms with Gasteiger partial charge >= 0.3 is 5.97 Å². The van der Waals surface area contributed by atoms with Crippen molar-refractivity contribution in [3.05, 3.63) is 35.9 Å². The highest BCUT2D eigenvalue weighted by Gasteiger charge is 2.89. The standard InChI is InChI=1S/C18H23NO6/c1-6-25-15(20)16(12-19)14(13-10-8-7-9-11-13)17(21-2,22-3)18(16,23-4)24-5/h7-11,14H,6H2,1-5H3/t14-,16-/m0/s1. The summed E-state index contributed by atoms with van der Waals surface area (Å²) in [5.74, 6) is -4.88. The van der Waals surface area contributed by atoms with Gasteiger partial charge in [-0.25, -0.2) is 0 Å². The summed E-state index contributed by atoms with van der Waals surface area (Å²) in [6, 6.07) is 11.1. The van der Waals surface area contributed by atoms with Crippen molar-refractivity contribution in [2.45, 2.75) is 24.4 Å². The quantitative estimate of drug-likeness (QED) is 0.548. The highest BCUT2D eigenvalue weighted by Crippen LogP contribution is 2.69. The fourth-order valence-electron chi connectivity index (χ4n) is 3.94. The van der Waals surface area contributed by atoms with Gasteiger partial charge in [0.25, 0.3) is 5.79 Å². The summed E-state index contributed by atoms with van der Waals surface area (Å²) in [4.78, 5) is 12.9. The molecule has 136 valence electrons. The fourth-order valence-corrected chi connectivity index (χ4v) is 3.94. The van der Waals surface area contributed by atoms with Crippen LogP contribution in [0.4, 0.5) is 0 Å². The van der Waals surface area contributed by atoms with Crippen LogP contribution >= 0.6 is 0 Å². The zero-order valence-electron chi connectivity index (χ0n) is 15.1. The Morgan fingerprint density at radius 3 is 2.04 bits per heavy atom. The molecule has 2 atom stereocenters. The van der Waals surface area contributed by atoms with Crippen LogP contribution in [0.5, 0.6) is 0 Å². The van der Waals surface area contributed by atoms with Crippen LogP contribution in [0.1, 0.15) is 18.4 Å². The first kappa shape index (κ1) is 19.3. The predicted molar refractivity (Wildman–Crippen MR) is 87.4 cm³/mol. The second-order valence-electron chi connectivity index (χ2n) is 5.58. The molecule has 0 aromatic heterocycles. The summed E-state index contributed by atoms with van der Waals surface area (Å²) in [5, 5.41) is 10.1. The van der Waals surface area contributed by atoms with E-state index in [0.717, 1.165) is 0 Å². The molecule has 7 nitrogen and oxygen atoms in total. The van der Waals surface area contributed by atoms with Gasteiger partial charge in [-0.3, -0.25) is 4.79 Å². The van der Waals surface area contributed by atoms with E-state index in [-0.39, 0.29) is 6.61 Å². The topological polar surface area (TPSA) is 87.0 Å². The molecule has 0 unspecified atom stereocenters. The fraction of sp³-hybridized carbons (Fsp3) is 0.556. The van der Waals surface area contributed by atoms with Crippen molar-refractivity contribution >= 4 is 5.97 Å². The molecular formula is C18H23NO6. The van der Waals surface area contributed by atoms with Crippen LogP contribution in [-0.2, 0) is 28.5 Å². The Morgan fingerprint density at radius 1 is 1.08 bits per heavy atom. The number of carbonyl (C=O) groups excluding carboxylic acids is 1. The van der Waals surface area contributed by atoms with E-state index < -0.39 is 28.9 Å². The molecule has 1 fully saturated rings. The SMILES string of the molecule is CCOC(=O)[C@]1(C#N)[C@H](c2ccccc2)C(OC)(OC)C1(OC)OC. The first-order valence-corrected chi connectivity index (χ1v) is 7.85. The largest absolute Gasteiger partial charge is 0.465 e. The molecule has 1 saturated carbocycles. The molecule has 0 spiro atoms. The van der Waals surface area contributed by atoms with Crippen LogP contribution in [0.25, 0.3) is 0 Å². The van der Waals surface area contributed by atoms with Gasteiger partial charge in [-0.1, -0.05) is 30.3 Å². The maximum Gasteiger partial charge on any atom is 0.333 e. The number of hydrogen-bond acceptors (Lipinski definition) is 7. The van der Waals surface area contributed by atoms with Gasteiger partial charge < -0.3 is 23.7 Å². The third kappa shape index (κ3) is 2.15. The van der Waals surface area contributed by atoms with Crippen molar-refractivity contribution in [2.75, 3.05) is 35.0 Å². The third-order valence-electron chi connectivity index (χ3n) is 4.88. The molecule has 7 heteroatoms. The summed E-state index contributed by atoms with van der Waals surface area (Å²) >= 11 is 0. The Kier molecular flexibility index (Phi) is 5.49. The predicted octanol–water partition coefficient (Wildman–Crippen LogP) is 1.84. The second kappa shape index (κ2) is 7.10. The molecule has 0 aliphatic heterocycles. The summed E-state index contributed by atoms with van der Waals surface area (Å²) in [6.07, 6.45) is 0. The van der Waals surface area contributed by atoms with Gasteiger partial charge in [0.1, 0.15) is 0 Å². The zero-order valence-corrected chi connectivity index (χ0v) is 15.1. The minimum Gasteiger partial charge on any atom is -0.465 e. The third-order valence-corrected chi connectivity index (χ3v) is 4.88. The van der Waals surface area contributed by atoms with Gasteiger partial charge in [0.05, 0.1) is 18.6 Å². The van der Waals surface area contributed by atoms with E-state index >= 15 is 0 Å². The Balaban J connectivity index is 2.79. The van der Waals surface area contributed by atoms with Crippen LogP contribution in [0.3, 0.4) is 0 Å². The van der Waals surface area contributed by atoms with Crippen LogP contribution in [0, 0.1) is 16.7 Å². The summed E-state index contributed by atoms with van der Waals surface area (Å²) < 4.78 is 27.6. The van der Waals surface area contributed by atoms with Crippen LogP contribution in [0.2, 0.25) is 0 Å². The average Bonchev–Trinajstić information content (AvgIpc) is 2.64. The van der Waals surface area contributed by atoms with Crippen molar-refractivity contribution in [2.24, 2.45) is 5.41 Å². The summed E-state index contributed by atoms with van der Waals surface area (Å²) in [5.41, 5.74) is -1.13. The molecule has 1 aromatic rings. The van der Waals surface area contributed by atoms with E-state index in [1.165, 1.54) is 28.4 Å². The number of ether oxygens (including phenoxy) is 5. The first-order chi connectivity index (χ1) is 12.0. The molecular weight excluding hydrogens is 326 g/mol. The lowest BCUT2D eigenvalue weighted by Crippen LogP contribution is -2.84. The number of nitriles is 1. The van der Waals surface area contributed by atoms with Gasteiger partial charge in [0, 0.05) is 28.4 Å². The molecule has 0 radical (unpaired) electrons. The lowest BCUT2D eigenvalue weighted by Gasteiger charge is -2.66. The van der Waals surface area contributed by atoms with Crippen molar-refractivity contribution in [3.8, 4) is 6.07 Å². The van der Waals surface area contributed by atoms with Gasteiger partial charge in [0.2, 0.25) is 11.2 Å². The number of benzene rings is 1. The highest BCUT2D eigenvalue weighted by atomic mass is 16.8. The molecule has 25 heavy (non-hydrogen) atoms. The Bertz CT molecular complexity index is 647. The van der Waals surface area contributed by atoms with E-state index in [0.29, 0.717) is 5.56 Å². The maximum absolute atomic E-state index is 12.9. The second-order valence-corrected chi connectivity index (χ2v) is 5.58. The molecule has 1 aromatic carbocycles. The Hall–Kier alpha value is -1.98. The smallest absolute Gasteiger partial charge is 0.333 e. The minimum atomic E-state index is -1.81. The van der Waals surface area contributed by atoms with Crippen molar-refractivity contribution in [3.63, 3.8) is 0 Å². The van der Waals surface area contributed by atoms with E-state index in [2.05, 4.69) is 6.07 Å². The van der Waals surface area contributed by atoms with Gasteiger partial charge in [-0.2, -0.15) is 5.26 Å².